The van der Waals surface area contributed by atoms with Crippen molar-refractivity contribution < 1.29 is 14.3 Å². The quantitative estimate of drug-likeness (QED) is 0.870. The third kappa shape index (κ3) is 3.53. The molecule has 0 fully saturated rings. The van der Waals surface area contributed by atoms with Gasteiger partial charge in [-0.3, -0.25) is 10.1 Å². The Labute approximate surface area is 139 Å². The Morgan fingerprint density at radius 2 is 2.04 bits per heavy atom. The van der Waals surface area contributed by atoms with Crippen LogP contribution >= 0.6 is 0 Å². The first kappa shape index (κ1) is 16.0. The van der Waals surface area contributed by atoms with E-state index in [1.807, 2.05) is 4.57 Å². The van der Waals surface area contributed by atoms with E-state index < -0.39 is 6.09 Å². The number of carbonyl (C=O) groups is 2. The number of nitrogens with one attached hydrogen (secondary N) is 2. The maximum absolute atomic E-state index is 12.2. The summed E-state index contributed by atoms with van der Waals surface area (Å²) >= 11 is 0. The lowest BCUT2D eigenvalue weighted by Gasteiger charge is -2.08. The van der Waals surface area contributed by atoms with E-state index in [4.69, 9.17) is 4.74 Å². The molecule has 1 aromatic carbocycles. The second-order valence-corrected chi connectivity index (χ2v) is 5.39. The zero-order valence-corrected chi connectivity index (χ0v) is 13.4. The van der Waals surface area contributed by atoms with Gasteiger partial charge in [0.15, 0.2) is 5.82 Å². The van der Waals surface area contributed by atoms with Gasteiger partial charge in [0.25, 0.3) is 5.91 Å². The molecule has 0 bridgehead atoms. The van der Waals surface area contributed by atoms with Crippen molar-refractivity contribution in [3.8, 4) is 0 Å². The predicted molar refractivity (Wildman–Crippen MR) is 86.6 cm³/mol. The van der Waals surface area contributed by atoms with Crippen LogP contribution in [-0.4, -0.2) is 33.4 Å². The van der Waals surface area contributed by atoms with Gasteiger partial charge in [0.1, 0.15) is 5.82 Å². The lowest BCUT2D eigenvalue weighted by Crippen LogP contribution is -2.24. The molecule has 2 amide bonds. The van der Waals surface area contributed by atoms with E-state index in [1.54, 1.807) is 31.2 Å². The number of rotatable bonds is 5. The molecule has 0 spiro atoms. The van der Waals surface area contributed by atoms with Crippen LogP contribution in [0.25, 0.3) is 0 Å². The molecule has 8 heteroatoms. The van der Waals surface area contributed by atoms with Gasteiger partial charge in [-0.05, 0) is 37.6 Å². The van der Waals surface area contributed by atoms with Gasteiger partial charge in [-0.1, -0.05) is 0 Å². The van der Waals surface area contributed by atoms with Gasteiger partial charge in [0.2, 0.25) is 0 Å². The minimum absolute atomic E-state index is 0.201. The molecule has 1 aromatic heterocycles. The van der Waals surface area contributed by atoms with Crippen molar-refractivity contribution in [2.75, 3.05) is 11.9 Å². The van der Waals surface area contributed by atoms with Crippen molar-refractivity contribution >= 4 is 17.7 Å². The summed E-state index contributed by atoms with van der Waals surface area (Å²) in [6.45, 7) is 3.28. The Kier molecular flexibility index (Phi) is 4.74. The number of aromatic nitrogens is 3. The second kappa shape index (κ2) is 7.12. The van der Waals surface area contributed by atoms with Gasteiger partial charge in [0.05, 0.1) is 13.2 Å². The molecule has 0 atom stereocenters. The summed E-state index contributed by atoms with van der Waals surface area (Å²) < 4.78 is 6.84. The zero-order valence-electron chi connectivity index (χ0n) is 13.4. The first-order valence-electron chi connectivity index (χ1n) is 7.90. The average molecular weight is 329 g/mol. The topological polar surface area (TPSA) is 98.1 Å². The fourth-order valence-corrected chi connectivity index (χ4v) is 2.59. The first-order chi connectivity index (χ1) is 11.7. The van der Waals surface area contributed by atoms with E-state index in [-0.39, 0.29) is 5.91 Å². The molecule has 126 valence electrons. The van der Waals surface area contributed by atoms with Crippen LogP contribution in [0.2, 0.25) is 0 Å². The van der Waals surface area contributed by atoms with Crippen molar-refractivity contribution in [2.24, 2.45) is 0 Å². The minimum Gasteiger partial charge on any atom is -0.450 e. The van der Waals surface area contributed by atoms with E-state index in [1.165, 1.54) is 0 Å². The molecule has 3 rings (SSSR count). The number of anilines is 1. The van der Waals surface area contributed by atoms with Gasteiger partial charge in [-0.15, -0.1) is 10.2 Å². The summed E-state index contributed by atoms with van der Waals surface area (Å²) in [6, 6.07) is 6.59. The summed E-state index contributed by atoms with van der Waals surface area (Å²) in [7, 11) is 0. The summed E-state index contributed by atoms with van der Waals surface area (Å²) in [5.74, 6) is 1.55. The fraction of sp³-hybridized carbons (Fsp3) is 0.375. The maximum Gasteiger partial charge on any atom is 0.411 e. The van der Waals surface area contributed by atoms with Gasteiger partial charge in [0, 0.05) is 24.2 Å². The summed E-state index contributed by atoms with van der Waals surface area (Å²) in [5, 5.41) is 13.6. The maximum atomic E-state index is 12.2. The lowest BCUT2D eigenvalue weighted by atomic mass is 10.2. The molecule has 0 unspecified atom stereocenters. The number of hydrogen-bond donors (Lipinski definition) is 2. The molecule has 2 N–H and O–H groups in total. The van der Waals surface area contributed by atoms with Crippen molar-refractivity contribution in [3.05, 3.63) is 41.5 Å². The van der Waals surface area contributed by atoms with Crippen molar-refractivity contribution in [2.45, 2.75) is 32.9 Å². The number of benzene rings is 1. The number of hydrogen-bond acceptors (Lipinski definition) is 5. The smallest absolute Gasteiger partial charge is 0.411 e. The first-order valence-corrected chi connectivity index (χ1v) is 7.90. The molecule has 0 saturated heterocycles. The molecule has 2 heterocycles. The molecule has 1 aliphatic heterocycles. The monoisotopic (exact) mass is 329 g/mol. The van der Waals surface area contributed by atoms with E-state index >= 15 is 0 Å². The Hall–Kier alpha value is -2.90. The molecule has 0 aliphatic carbocycles. The van der Waals surface area contributed by atoms with E-state index in [2.05, 4.69) is 20.8 Å². The van der Waals surface area contributed by atoms with E-state index in [0.29, 0.717) is 24.4 Å². The second-order valence-electron chi connectivity index (χ2n) is 5.39. The van der Waals surface area contributed by atoms with Gasteiger partial charge >= 0.3 is 6.09 Å². The Morgan fingerprint density at radius 1 is 1.25 bits per heavy atom. The number of amides is 2. The lowest BCUT2D eigenvalue weighted by molar-refractivity contribution is 0.0949. The Balaban J connectivity index is 1.56. The molecule has 2 aromatic rings. The van der Waals surface area contributed by atoms with Crippen LogP contribution in [-0.2, 0) is 24.2 Å². The molecular weight excluding hydrogens is 310 g/mol. The van der Waals surface area contributed by atoms with Gasteiger partial charge in [-0.2, -0.15) is 0 Å². The average Bonchev–Trinajstić information content (AvgIpc) is 3.17. The van der Waals surface area contributed by atoms with E-state index in [0.717, 1.165) is 31.0 Å². The van der Waals surface area contributed by atoms with Crippen LogP contribution in [0.15, 0.2) is 24.3 Å². The largest absolute Gasteiger partial charge is 0.450 e. The highest BCUT2D eigenvalue weighted by Gasteiger charge is 2.17. The van der Waals surface area contributed by atoms with Crippen LogP contribution in [0.4, 0.5) is 10.5 Å². The Morgan fingerprint density at radius 3 is 2.79 bits per heavy atom. The SMILES string of the molecule is CCOC(=O)Nc1ccc(C(=O)NCc2nnc3n2CCC3)cc1. The fourth-order valence-electron chi connectivity index (χ4n) is 2.59. The van der Waals surface area contributed by atoms with Crippen LogP contribution in [0, 0.1) is 0 Å². The number of nitrogens with zero attached hydrogens (tertiary/aromatic N) is 3. The molecule has 1 aliphatic rings. The Bertz CT molecular complexity index is 739. The van der Waals surface area contributed by atoms with Crippen molar-refractivity contribution in [1.29, 1.82) is 0 Å². The van der Waals surface area contributed by atoms with Crippen molar-refractivity contribution in [3.63, 3.8) is 0 Å². The summed E-state index contributed by atoms with van der Waals surface area (Å²) in [6.07, 6.45) is 1.49. The third-order valence-corrected chi connectivity index (χ3v) is 3.76. The van der Waals surface area contributed by atoms with Crippen molar-refractivity contribution in [1.82, 2.24) is 20.1 Å². The summed E-state index contributed by atoms with van der Waals surface area (Å²) in [4.78, 5) is 23.5. The highest BCUT2D eigenvalue weighted by Crippen LogP contribution is 2.14. The van der Waals surface area contributed by atoms with E-state index in [9.17, 15) is 9.59 Å². The number of aryl methyl sites for hydroxylation is 1. The van der Waals surface area contributed by atoms with Crippen LogP contribution in [0.3, 0.4) is 0 Å². The number of carbonyl (C=O) groups excluding carboxylic acids is 2. The summed E-state index contributed by atoms with van der Waals surface area (Å²) in [5.41, 5.74) is 1.07. The standard InChI is InChI=1S/C16H19N5O3/c1-2-24-16(23)18-12-7-5-11(6-8-12)15(22)17-10-14-20-19-13-4-3-9-21(13)14/h5-8H,2-4,9-10H2,1H3,(H,17,22)(H,18,23). The molecule has 24 heavy (non-hydrogen) atoms. The van der Waals surface area contributed by atoms with Crippen LogP contribution in [0.1, 0.15) is 35.4 Å². The number of fused-ring (bicyclic) bond motifs is 1. The normalized spacial score (nSPS) is 12.5. The van der Waals surface area contributed by atoms with Crippen LogP contribution in [0.5, 0.6) is 0 Å². The highest BCUT2D eigenvalue weighted by molar-refractivity contribution is 5.95. The zero-order chi connectivity index (χ0) is 16.9. The molecule has 0 radical (unpaired) electrons. The highest BCUT2D eigenvalue weighted by atomic mass is 16.5. The van der Waals surface area contributed by atoms with Gasteiger partial charge in [-0.25, -0.2) is 4.79 Å². The van der Waals surface area contributed by atoms with Crippen LogP contribution < -0.4 is 10.6 Å². The predicted octanol–water partition coefficient (Wildman–Crippen LogP) is 1.72. The minimum atomic E-state index is -0.518. The molecule has 8 nitrogen and oxygen atoms in total. The molecular formula is C16H19N5O3. The molecule has 0 saturated carbocycles. The number of ether oxygens (including phenoxy) is 1. The van der Waals surface area contributed by atoms with Gasteiger partial charge < -0.3 is 14.6 Å². The third-order valence-electron chi connectivity index (χ3n) is 3.76.